The van der Waals surface area contributed by atoms with Crippen LogP contribution in [0.25, 0.3) is 0 Å². The molecule has 0 radical (unpaired) electrons. The van der Waals surface area contributed by atoms with E-state index in [2.05, 4.69) is 19.1 Å². The summed E-state index contributed by atoms with van der Waals surface area (Å²) in [4.78, 5) is 0. The molecule has 72 valence electrons. The monoisotopic (exact) mass is 179 g/mol. The minimum atomic E-state index is -0.619. The van der Waals surface area contributed by atoms with Gasteiger partial charge in [0, 0.05) is 0 Å². The molecule has 1 aromatic rings. The Morgan fingerprint density at radius 1 is 1.31 bits per heavy atom. The molecule has 0 bridgehead atoms. The lowest BCUT2D eigenvalue weighted by molar-refractivity contribution is 0.210. The smallest absolute Gasteiger partial charge is 0.0650 e. The first-order chi connectivity index (χ1) is 6.10. The summed E-state index contributed by atoms with van der Waals surface area (Å²) in [5, 5.41) is 9.05. The molecule has 0 fully saturated rings. The summed E-state index contributed by atoms with van der Waals surface area (Å²) in [6.07, 6.45) is 1.03. The van der Waals surface area contributed by atoms with Gasteiger partial charge in [0.05, 0.1) is 12.1 Å². The van der Waals surface area contributed by atoms with Gasteiger partial charge in [-0.15, -0.1) is 0 Å². The largest absolute Gasteiger partial charge is 0.394 e. The number of aliphatic hydroxyl groups excluding tert-OH is 1. The maximum absolute atomic E-state index is 9.05. The van der Waals surface area contributed by atoms with Crippen LogP contribution in [0.2, 0.25) is 0 Å². The van der Waals surface area contributed by atoms with Crippen molar-refractivity contribution < 1.29 is 5.11 Å². The first-order valence-corrected chi connectivity index (χ1v) is 4.59. The fourth-order valence-corrected chi connectivity index (χ4v) is 1.21. The molecule has 1 unspecified atom stereocenters. The molecule has 0 amide bonds. The Labute approximate surface area is 79.4 Å². The number of aryl methyl sites for hydroxylation is 1. The van der Waals surface area contributed by atoms with Crippen LogP contribution >= 0.6 is 0 Å². The number of rotatable bonds is 3. The van der Waals surface area contributed by atoms with Gasteiger partial charge >= 0.3 is 0 Å². The van der Waals surface area contributed by atoms with Crippen molar-refractivity contribution in [3.63, 3.8) is 0 Å². The van der Waals surface area contributed by atoms with Crippen LogP contribution in [-0.4, -0.2) is 11.7 Å². The number of hydrogen-bond acceptors (Lipinski definition) is 2. The number of aliphatic hydroxyl groups is 1. The standard InChI is InChI=1S/C11H17NO/c1-3-9-4-6-10(7-5-9)11(2,12)8-13/h4-7,13H,3,8,12H2,1-2H3. The zero-order valence-electron chi connectivity index (χ0n) is 8.25. The van der Waals surface area contributed by atoms with Gasteiger partial charge in [-0.2, -0.15) is 0 Å². The zero-order chi connectivity index (χ0) is 9.90. The quantitative estimate of drug-likeness (QED) is 0.737. The molecule has 0 spiro atoms. The summed E-state index contributed by atoms with van der Waals surface area (Å²) >= 11 is 0. The molecule has 0 aliphatic rings. The van der Waals surface area contributed by atoms with Crippen LogP contribution in [0.15, 0.2) is 24.3 Å². The molecule has 1 aromatic carbocycles. The van der Waals surface area contributed by atoms with Crippen molar-refractivity contribution in [2.24, 2.45) is 5.73 Å². The zero-order valence-corrected chi connectivity index (χ0v) is 8.25. The number of hydrogen-bond donors (Lipinski definition) is 2. The summed E-state index contributed by atoms with van der Waals surface area (Å²) in [7, 11) is 0. The van der Waals surface area contributed by atoms with Gasteiger partial charge < -0.3 is 10.8 Å². The van der Waals surface area contributed by atoms with Crippen LogP contribution in [0, 0.1) is 0 Å². The van der Waals surface area contributed by atoms with Crippen molar-refractivity contribution in [3.05, 3.63) is 35.4 Å². The summed E-state index contributed by atoms with van der Waals surface area (Å²) < 4.78 is 0. The molecule has 0 saturated carbocycles. The van der Waals surface area contributed by atoms with E-state index in [1.54, 1.807) is 0 Å². The van der Waals surface area contributed by atoms with Crippen molar-refractivity contribution in [1.29, 1.82) is 0 Å². The van der Waals surface area contributed by atoms with Crippen LogP contribution in [0.5, 0.6) is 0 Å². The molecule has 2 nitrogen and oxygen atoms in total. The first kappa shape index (κ1) is 10.2. The Morgan fingerprint density at radius 3 is 2.23 bits per heavy atom. The Hall–Kier alpha value is -0.860. The fourth-order valence-electron chi connectivity index (χ4n) is 1.21. The Kier molecular flexibility index (Phi) is 3.07. The van der Waals surface area contributed by atoms with E-state index in [1.807, 2.05) is 19.1 Å². The van der Waals surface area contributed by atoms with Crippen LogP contribution in [0.3, 0.4) is 0 Å². The topological polar surface area (TPSA) is 46.2 Å². The van der Waals surface area contributed by atoms with E-state index in [0.717, 1.165) is 12.0 Å². The molecular weight excluding hydrogens is 162 g/mol. The van der Waals surface area contributed by atoms with E-state index in [4.69, 9.17) is 10.8 Å². The van der Waals surface area contributed by atoms with Crippen LogP contribution in [-0.2, 0) is 12.0 Å². The summed E-state index contributed by atoms with van der Waals surface area (Å²) in [5.74, 6) is 0. The van der Waals surface area contributed by atoms with Crippen LogP contribution in [0.4, 0.5) is 0 Å². The van der Waals surface area contributed by atoms with E-state index in [9.17, 15) is 0 Å². The number of benzene rings is 1. The Balaban J connectivity index is 2.92. The molecule has 1 atom stereocenters. The molecule has 3 N–H and O–H groups in total. The molecule has 0 aliphatic heterocycles. The average molecular weight is 179 g/mol. The fraction of sp³-hybridized carbons (Fsp3) is 0.455. The molecule has 13 heavy (non-hydrogen) atoms. The van der Waals surface area contributed by atoms with Gasteiger partial charge in [-0.25, -0.2) is 0 Å². The second-order valence-electron chi connectivity index (χ2n) is 3.63. The minimum Gasteiger partial charge on any atom is -0.394 e. The predicted octanol–water partition coefficient (Wildman–Crippen LogP) is 1.42. The highest BCUT2D eigenvalue weighted by molar-refractivity contribution is 5.27. The SMILES string of the molecule is CCc1ccc(C(C)(N)CO)cc1. The molecular formula is C11H17NO. The van der Waals surface area contributed by atoms with Crippen molar-refractivity contribution in [3.8, 4) is 0 Å². The van der Waals surface area contributed by atoms with Crippen molar-refractivity contribution in [2.75, 3.05) is 6.61 Å². The van der Waals surface area contributed by atoms with E-state index in [0.29, 0.717) is 0 Å². The highest BCUT2D eigenvalue weighted by Crippen LogP contribution is 2.17. The third kappa shape index (κ3) is 2.29. The van der Waals surface area contributed by atoms with Gasteiger partial charge in [-0.1, -0.05) is 31.2 Å². The van der Waals surface area contributed by atoms with Gasteiger partial charge in [0.15, 0.2) is 0 Å². The molecule has 1 rings (SSSR count). The summed E-state index contributed by atoms with van der Waals surface area (Å²) in [6, 6.07) is 8.07. The van der Waals surface area contributed by atoms with Crippen molar-refractivity contribution >= 4 is 0 Å². The lowest BCUT2D eigenvalue weighted by atomic mass is 9.93. The van der Waals surface area contributed by atoms with Gasteiger partial charge in [-0.05, 0) is 24.5 Å². The first-order valence-electron chi connectivity index (χ1n) is 4.59. The van der Waals surface area contributed by atoms with Crippen molar-refractivity contribution in [1.82, 2.24) is 0 Å². The van der Waals surface area contributed by atoms with E-state index in [1.165, 1.54) is 5.56 Å². The molecule has 0 heterocycles. The maximum Gasteiger partial charge on any atom is 0.0650 e. The van der Waals surface area contributed by atoms with Crippen LogP contribution in [0.1, 0.15) is 25.0 Å². The van der Waals surface area contributed by atoms with E-state index < -0.39 is 5.54 Å². The lowest BCUT2D eigenvalue weighted by Crippen LogP contribution is -2.36. The van der Waals surface area contributed by atoms with E-state index >= 15 is 0 Å². The third-order valence-corrected chi connectivity index (χ3v) is 2.35. The molecule has 0 aromatic heterocycles. The lowest BCUT2D eigenvalue weighted by Gasteiger charge is -2.22. The predicted molar refractivity (Wildman–Crippen MR) is 54.4 cm³/mol. The highest BCUT2D eigenvalue weighted by atomic mass is 16.3. The Bertz CT molecular complexity index is 264. The normalized spacial score (nSPS) is 15.4. The van der Waals surface area contributed by atoms with E-state index in [-0.39, 0.29) is 6.61 Å². The average Bonchev–Trinajstić information content (AvgIpc) is 2.18. The summed E-state index contributed by atoms with van der Waals surface area (Å²) in [6.45, 7) is 3.91. The third-order valence-electron chi connectivity index (χ3n) is 2.35. The second-order valence-corrected chi connectivity index (χ2v) is 3.63. The number of nitrogens with two attached hydrogens (primary N) is 1. The molecule has 0 saturated heterocycles. The molecule has 0 aliphatic carbocycles. The molecule has 2 heteroatoms. The van der Waals surface area contributed by atoms with Crippen LogP contribution < -0.4 is 5.73 Å². The minimum absolute atomic E-state index is 0.0293. The Morgan fingerprint density at radius 2 is 1.85 bits per heavy atom. The highest BCUT2D eigenvalue weighted by Gasteiger charge is 2.18. The second kappa shape index (κ2) is 3.90. The van der Waals surface area contributed by atoms with Gasteiger partial charge in [0.25, 0.3) is 0 Å². The maximum atomic E-state index is 9.05. The van der Waals surface area contributed by atoms with Gasteiger partial charge in [0.1, 0.15) is 0 Å². The summed E-state index contributed by atoms with van der Waals surface area (Å²) in [5.41, 5.74) is 7.53. The van der Waals surface area contributed by atoms with Gasteiger partial charge in [0.2, 0.25) is 0 Å². The van der Waals surface area contributed by atoms with Gasteiger partial charge in [-0.3, -0.25) is 0 Å². The van der Waals surface area contributed by atoms with Crippen molar-refractivity contribution in [2.45, 2.75) is 25.8 Å².